The van der Waals surface area contributed by atoms with Gasteiger partial charge >= 0.3 is 5.97 Å². The Morgan fingerprint density at radius 2 is 2.12 bits per heavy atom. The summed E-state index contributed by atoms with van der Waals surface area (Å²) in [4.78, 5) is 11.1. The Kier molecular flexibility index (Phi) is 2.67. The lowest BCUT2D eigenvalue weighted by Gasteiger charge is -2.38. The quantitative estimate of drug-likeness (QED) is 0.777. The lowest BCUT2D eigenvalue weighted by molar-refractivity contribution is -0.139. The standard InChI is InChI=1S/C12H19NO2S/c14-11(15)10-7-16-12(13-10)5-1-2-9(6-12)8-3-4-8/h8-10,13H,1-7H2,(H,14,15)/t9?,10-,12?/m1/s1. The van der Waals surface area contributed by atoms with Crippen molar-refractivity contribution in [3.63, 3.8) is 0 Å². The minimum atomic E-state index is -0.682. The van der Waals surface area contributed by atoms with Gasteiger partial charge in [0.05, 0.1) is 4.87 Å². The van der Waals surface area contributed by atoms with E-state index in [2.05, 4.69) is 5.32 Å². The molecule has 3 atom stereocenters. The summed E-state index contributed by atoms with van der Waals surface area (Å²) in [7, 11) is 0. The van der Waals surface area contributed by atoms with Crippen molar-refractivity contribution >= 4 is 17.7 Å². The summed E-state index contributed by atoms with van der Waals surface area (Å²) in [5.41, 5.74) is 0. The maximum Gasteiger partial charge on any atom is 0.321 e. The maximum atomic E-state index is 11.0. The second-order valence-corrected chi connectivity index (χ2v) is 6.94. The molecule has 0 bridgehead atoms. The van der Waals surface area contributed by atoms with Crippen LogP contribution in [0.5, 0.6) is 0 Å². The van der Waals surface area contributed by atoms with Crippen LogP contribution in [0.25, 0.3) is 0 Å². The van der Waals surface area contributed by atoms with Crippen LogP contribution in [0.4, 0.5) is 0 Å². The average Bonchev–Trinajstić information content (AvgIpc) is 3.03. The van der Waals surface area contributed by atoms with Gasteiger partial charge in [0.15, 0.2) is 0 Å². The summed E-state index contributed by atoms with van der Waals surface area (Å²) < 4.78 is 0. The topological polar surface area (TPSA) is 49.3 Å². The highest BCUT2D eigenvalue weighted by Gasteiger charge is 2.47. The van der Waals surface area contributed by atoms with Crippen LogP contribution in [-0.4, -0.2) is 27.7 Å². The van der Waals surface area contributed by atoms with E-state index in [-0.39, 0.29) is 10.9 Å². The fourth-order valence-corrected chi connectivity index (χ4v) is 4.84. The fraction of sp³-hybridized carbons (Fsp3) is 0.917. The van der Waals surface area contributed by atoms with Crippen molar-refractivity contribution in [2.45, 2.75) is 49.4 Å². The predicted molar refractivity (Wildman–Crippen MR) is 64.4 cm³/mol. The molecule has 3 nitrogen and oxygen atoms in total. The van der Waals surface area contributed by atoms with Crippen LogP contribution in [0.3, 0.4) is 0 Å². The van der Waals surface area contributed by atoms with E-state index in [1.54, 1.807) is 0 Å². The molecular weight excluding hydrogens is 222 g/mol. The van der Waals surface area contributed by atoms with Crippen LogP contribution in [0, 0.1) is 11.8 Å². The summed E-state index contributed by atoms with van der Waals surface area (Å²) in [5, 5.41) is 12.4. The maximum absolute atomic E-state index is 11.0. The van der Waals surface area contributed by atoms with E-state index in [1.807, 2.05) is 11.8 Å². The number of hydrogen-bond acceptors (Lipinski definition) is 3. The molecule has 90 valence electrons. The van der Waals surface area contributed by atoms with Crippen LogP contribution in [0.15, 0.2) is 0 Å². The highest BCUT2D eigenvalue weighted by Crippen LogP contribution is 2.51. The van der Waals surface area contributed by atoms with Gasteiger partial charge in [0.2, 0.25) is 0 Å². The molecule has 2 saturated carbocycles. The largest absolute Gasteiger partial charge is 0.480 e. The van der Waals surface area contributed by atoms with Crippen molar-refractivity contribution in [1.29, 1.82) is 0 Å². The minimum absolute atomic E-state index is 0.106. The number of aliphatic carboxylic acids is 1. The van der Waals surface area contributed by atoms with Gasteiger partial charge in [-0.2, -0.15) is 0 Å². The summed E-state index contributed by atoms with van der Waals surface area (Å²) in [6.45, 7) is 0. The first-order chi connectivity index (χ1) is 7.69. The monoisotopic (exact) mass is 241 g/mol. The Bertz CT molecular complexity index is 305. The number of rotatable bonds is 2. The third-order valence-corrected chi connectivity index (χ3v) is 5.84. The molecule has 3 rings (SSSR count). The molecule has 16 heavy (non-hydrogen) atoms. The Labute approximate surface area is 100 Å². The van der Waals surface area contributed by atoms with E-state index in [9.17, 15) is 4.79 Å². The summed E-state index contributed by atoms with van der Waals surface area (Å²) >= 11 is 1.86. The molecule has 2 unspecified atom stereocenters. The van der Waals surface area contributed by atoms with Crippen molar-refractivity contribution < 1.29 is 9.90 Å². The second kappa shape index (κ2) is 3.91. The van der Waals surface area contributed by atoms with Gasteiger partial charge in [-0.1, -0.05) is 6.42 Å². The van der Waals surface area contributed by atoms with Gasteiger partial charge in [0.1, 0.15) is 6.04 Å². The summed E-state index contributed by atoms with van der Waals surface area (Å²) in [5.74, 6) is 1.88. The van der Waals surface area contributed by atoms with Crippen molar-refractivity contribution in [2.75, 3.05) is 5.75 Å². The molecule has 1 saturated heterocycles. The van der Waals surface area contributed by atoms with Gasteiger partial charge in [0.25, 0.3) is 0 Å². The molecule has 0 aromatic carbocycles. The van der Waals surface area contributed by atoms with E-state index in [1.165, 1.54) is 32.1 Å². The number of carboxylic acids is 1. The van der Waals surface area contributed by atoms with E-state index < -0.39 is 5.97 Å². The molecule has 4 heteroatoms. The van der Waals surface area contributed by atoms with E-state index >= 15 is 0 Å². The van der Waals surface area contributed by atoms with Gasteiger partial charge < -0.3 is 5.11 Å². The normalized spacial score (nSPS) is 43.8. The summed E-state index contributed by atoms with van der Waals surface area (Å²) in [6.07, 6.45) is 7.82. The molecule has 0 amide bonds. The highest BCUT2D eigenvalue weighted by atomic mass is 32.2. The minimum Gasteiger partial charge on any atom is -0.480 e. The lowest BCUT2D eigenvalue weighted by Crippen LogP contribution is -2.47. The number of nitrogens with one attached hydrogen (secondary N) is 1. The van der Waals surface area contributed by atoms with Gasteiger partial charge in [-0.15, -0.1) is 11.8 Å². The molecular formula is C12H19NO2S. The third kappa shape index (κ3) is 1.97. The number of carboxylic acid groups (broad SMARTS) is 1. The molecule has 0 radical (unpaired) electrons. The van der Waals surface area contributed by atoms with Crippen LogP contribution >= 0.6 is 11.8 Å². The molecule has 1 spiro atoms. The van der Waals surface area contributed by atoms with E-state index in [4.69, 9.17) is 5.11 Å². The van der Waals surface area contributed by atoms with Gasteiger partial charge in [-0.25, -0.2) is 0 Å². The average molecular weight is 241 g/mol. The first kappa shape index (κ1) is 10.9. The highest BCUT2D eigenvalue weighted by molar-refractivity contribution is 8.00. The van der Waals surface area contributed by atoms with Crippen LogP contribution < -0.4 is 5.32 Å². The van der Waals surface area contributed by atoms with Crippen molar-refractivity contribution in [3.05, 3.63) is 0 Å². The molecule has 1 aliphatic heterocycles. The lowest BCUT2D eigenvalue weighted by atomic mass is 9.82. The molecule has 2 N–H and O–H groups in total. The zero-order valence-corrected chi connectivity index (χ0v) is 10.3. The molecule has 2 aliphatic carbocycles. The van der Waals surface area contributed by atoms with Gasteiger partial charge in [-0.05, 0) is 43.9 Å². The van der Waals surface area contributed by atoms with Crippen LogP contribution in [0.2, 0.25) is 0 Å². The number of thioether (sulfide) groups is 1. The summed E-state index contributed by atoms with van der Waals surface area (Å²) in [6, 6.07) is -0.317. The molecule has 1 heterocycles. The van der Waals surface area contributed by atoms with Gasteiger partial charge in [-0.3, -0.25) is 10.1 Å². The molecule has 0 aromatic rings. The smallest absolute Gasteiger partial charge is 0.321 e. The van der Waals surface area contributed by atoms with Crippen LogP contribution in [-0.2, 0) is 4.79 Å². The second-order valence-electron chi connectivity index (χ2n) is 5.53. The predicted octanol–water partition coefficient (Wildman–Crippen LogP) is 2.07. The first-order valence-electron chi connectivity index (χ1n) is 6.33. The Morgan fingerprint density at radius 1 is 1.31 bits per heavy atom. The Balaban J connectivity index is 1.66. The molecule has 0 aromatic heterocycles. The Morgan fingerprint density at radius 3 is 2.75 bits per heavy atom. The zero-order chi connectivity index (χ0) is 11.2. The zero-order valence-electron chi connectivity index (χ0n) is 9.45. The molecule has 3 fully saturated rings. The van der Waals surface area contributed by atoms with E-state index in [0.717, 1.165) is 24.0 Å². The van der Waals surface area contributed by atoms with Gasteiger partial charge in [0, 0.05) is 5.75 Å². The molecule has 3 aliphatic rings. The number of hydrogen-bond donors (Lipinski definition) is 2. The number of carbonyl (C=O) groups is 1. The first-order valence-corrected chi connectivity index (χ1v) is 7.32. The fourth-order valence-electron chi connectivity index (χ4n) is 3.29. The van der Waals surface area contributed by atoms with Crippen molar-refractivity contribution in [2.24, 2.45) is 11.8 Å². The van der Waals surface area contributed by atoms with Crippen LogP contribution in [0.1, 0.15) is 38.5 Å². The van der Waals surface area contributed by atoms with Crippen molar-refractivity contribution in [1.82, 2.24) is 5.32 Å². The SMILES string of the molecule is O=C(O)[C@H]1CSC2(CCCC(C3CC3)C2)N1. The van der Waals surface area contributed by atoms with E-state index in [0.29, 0.717) is 0 Å². The van der Waals surface area contributed by atoms with Crippen molar-refractivity contribution in [3.8, 4) is 0 Å². The third-order valence-electron chi connectivity index (χ3n) is 4.30. The Hall–Kier alpha value is -0.220.